The van der Waals surface area contributed by atoms with Gasteiger partial charge in [-0.2, -0.15) is 9.66 Å². The Bertz CT molecular complexity index is 1000. The molecule has 0 atom stereocenters. The number of nitrogens with zero attached hydrogens (tertiary/aromatic N) is 3. The number of hydrogen-bond acceptors (Lipinski definition) is 2. The van der Waals surface area contributed by atoms with Crippen LogP contribution in [0.3, 0.4) is 0 Å². The fraction of sp³-hybridized carbons (Fsp3) is 0.429. The van der Waals surface area contributed by atoms with Crippen LogP contribution in [0, 0.1) is 18.3 Å². The lowest BCUT2D eigenvalue weighted by Gasteiger charge is -2.31. The summed E-state index contributed by atoms with van der Waals surface area (Å²) in [6.07, 6.45) is 0.930. The highest BCUT2D eigenvalue weighted by atomic mass is 15.3. The molecule has 26 heavy (non-hydrogen) atoms. The molecule has 0 bridgehead atoms. The van der Waals surface area contributed by atoms with Gasteiger partial charge in [0.2, 0.25) is 11.5 Å². The number of piperazine rings is 1. The molecule has 3 heterocycles. The Morgan fingerprint density at radius 2 is 1.96 bits per heavy atom. The summed E-state index contributed by atoms with van der Waals surface area (Å²) in [5.74, 6) is 1.27. The van der Waals surface area contributed by atoms with Crippen LogP contribution in [0.25, 0.3) is 16.7 Å². The summed E-state index contributed by atoms with van der Waals surface area (Å²) >= 11 is 0. The van der Waals surface area contributed by atoms with Crippen LogP contribution in [0.15, 0.2) is 24.3 Å². The Morgan fingerprint density at radius 1 is 1.23 bits per heavy atom. The van der Waals surface area contributed by atoms with Crippen molar-refractivity contribution >= 4 is 22.5 Å². The van der Waals surface area contributed by atoms with E-state index in [1.807, 2.05) is 6.07 Å². The average molecular weight is 349 g/mol. The van der Waals surface area contributed by atoms with Gasteiger partial charge in [0.05, 0.1) is 6.54 Å². The number of hydrogen-bond donors (Lipinski definition) is 2. The molecule has 1 fully saturated rings. The van der Waals surface area contributed by atoms with Crippen LogP contribution >= 0.6 is 0 Å². The fourth-order valence-corrected chi connectivity index (χ4v) is 4.38. The number of aromatic nitrogens is 2. The third-order valence-electron chi connectivity index (χ3n) is 5.90. The van der Waals surface area contributed by atoms with Crippen LogP contribution in [0.5, 0.6) is 0 Å². The number of rotatable bonds is 3. The Balaban J connectivity index is 2.03. The van der Waals surface area contributed by atoms with E-state index in [0.29, 0.717) is 0 Å². The molecule has 0 spiro atoms. The second kappa shape index (κ2) is 6.62. The number of quaternary nitrogens is 1. The Kier molecular flexibility index (Phi) is 4.29. The molecule has 2 aromatic heterocycles. The number of fused-ring (bicyclic) bond motifs is 3. The van der Waals surface area contributed by atoms with Crippen molar-refractivity contribution in [3.8, 4) is 6.07 Å². The first-order valence-corrected chi connectivity index (χ1v) is 9.66. The second-order valence-corrected chi connectivity index (χ2v) is 7.18. The quantitative estimate of drug-likeness (QED) is 0.702. The number of pyridine rings is 1. The molecule has 2 N–H and O–H groups in total. The van der Waals surface area contributed by atoms with E-state index in [-0.39, 0.29) is 0 Å². The van der Waals surface area contributed by atoms with Gasteiger partial charge in [-0.1, -0.05) is 19.1 Å². The molecule has 4 rings (SSSR count). The fourth-order valence-electron chi connectivity index (χ4n) is 4.38. The third kappa shape index (κ3) is 2.45. The molecule has 1 aliphatic heterocycles. The van der Waals surface area contributed by atoms with Crippen molar-refractivity contribution in [2.24, 2.45) is 0 Å². The van der Waals surface area contributed by atoms with Crippen LogP contribution < -0.4 is 14.2 Å². The smallest absolute Gasteiger partial charge is 0.250 e. The highest BCUT2D eigenvalue weighted by Crippen LogP contribution is 2.28. The predicted octanol–water partition coefficient (Wildman–Crippen LogP) is 1.37. The molecule has 0 amide bonds. The van der Waals surface area contributed by atoms with Gasteiger partial charge >= 0.3 is 0 Å². The average Bonchev–Trinajstić information content (AvgIpc) is 3.06. The first kappa shape index (κ1) is 16.9. The number of imidazole rings is 1. The van der Waals surface area contributed by atoms with Crippen molar-refractivity contribution in [3.05, 3.63) is 41.0 Å². The van der Waals surface area contributed by atoms with Crippen molar-refractivity contribution in [1.82, 2.24) is 4.98 Å². The number of para-hydroxylation sites is 2. The van der Waals surface area contributed by atoms with Gasteiger partial charge in [-0.15, -0.1) is 0 Å². The van der Waals surface area contributed by atoms with Crippen molar-refractivity contribution in [2.75, 3.05) is 37.6 Å². The summed E-state index contributed by atoms with van der Waals surface area (Å²) in [6.45, 7) is 12.2. The third-order valence-corrected chi connectivity index (χ3v) is 5.90. The molecule has 0 aliphatic carbocycles. The minimum absolute atomic E-state index is 0.764. The highest BCUT2D eigenvalue weighted by molar-refractivity contribution is 5.78. The van der Waals surface area contributed by atoms with E-state index in [1.54, 1.807) is 4.90 Å². The molecule has 5 heteroatoms. The number of benzene rings is 1. The number of nitrogens with one attached hydrogen (secondary N) is 2. The number of H-pyrrole nitrogens is 1. The lowest BCUT2D eigenvalue weighted by atomic mass is 10.0. The maximum Gasteiger partial charge on any atom is 0.250 e. The first-order valence-electron chi connectivity index (χ1n) is 9.66. The van der Waals surface area contributed by atoms with Crippen LogP contribution in [0.4, 0.5) is 5.82 Å². The molecule has 5 nitrogen and oxygen atoms in total. The zero-order chi connectivity index (χ0) is 18.3. The summed E-state index contributed by atoms with van der Waals surface area (Å²) in [5, 5.41) is 9.83. The van der Waals surface area contributed by atoms with E-state index in [1.165, 1.54) is 31.0 Å². The summed E-state index contributed by atoms with van der Waals surface area (Å²) in [5.41, 5.74) is 6.32. The zero-order valence-corrected chi connectivity index (χ0v) is 15.9. The van der Waals surface area contributed by atoms with Crippen molar-refractivity contribution in [2.45, 2.75) is 27.2 Å². The van der Waals surface area contributed by atoms with Gasteiger partial charge < -0.3 is 4.90 Å². The molecule has 0 radical (unpaired) electrons. The van der Waals surface area contributed by atoms with E-state index >= 15 is 0 Å². The number of nitriles is 1. The van der Waals surface area contributed by atoms with Crippen molar-refractivity contribution in [3.63, 3.8) is 0 Å². The van der Waals surface area contributed by atoms with Gasteiger partial charge in [0.1, 0.15) is 48.8 Å². The van der Waals surface area contributed by atoms with Gasteiger partial charge in [0, 0.05) is 5.56 Å². The largest absolute Gasteiger partial charge is 0.330 e. The van der Waals surface area contributed by atoms with Gasteiger partial charge in [0.25, 0.3) is 0 Å². The molecular formula is C21H27N5+2. The summed E-state index contributed by atoms with van der Waals surface area (Å²) < 4.78 is 2.29. The van der Waals surface area contributed by atoms with Gasteiger partial charge in [-0.05, 0) is 38.0 Å². The van der Waals surface area contributed by atoms with Crippen molar-refractivity contribution < 1.29 is 9.30 Å². The molecule has 0 saturated carbocycles. The van der Waals surface area contributed by atoms with E-state index < -0.39 is 0 Å². The zero-order valence-electron chi connectivity index (χ0n) is 15.9. The lowest BCUT2D eigenvalue weighted by molar-refractivity contribution is -0.898. The van der Waals surface area contributed by atoms with Crippen LogP contribution in [0.1, 0.15) is 30.5 Å². The normalized spacial score (nSPS) is 15.7. The van der Waals surface area contributed by atoms with Crippen LogP contribution in [0.2, 0.25) is 0 Å². The minimum Gasteiger partial charge on any atom is -0.330 e. The van der Waals surface area contributed by atoms with E-state index in [2.05, 4.69) is 59.3 Å². The van der Waals surface area contributed by atoms with Crippen LogP contribution in [-0.4, -0.2) is 37.7 Å². The molecular weight excluding hydrogens is 322 g/mol. The van der Waals surface area contributed by atoms with Gasteiger partial charge in [-0.3, -0.25) is 9.88 Å². The highest BCUT2D eigenvalue weighted by Gasteiger charge is 2.31. The maximum absolute atomic E-state index is 9.83. The molecule has 1 aromatic carbocycles. The first-order chi connectivity index (χ1) is 12.7. The number of aromatic amines is 1. The summed E-state index contributed by atoms with van der Waals surface area (Å²) in [7, 11) is 0. The maximum atomic E-state index is 9.83. The van der Waals surface area contributed by atoms with Crippen LogP contribution in [-0.2, 0) is 6.42 Å². The standard InChI is InChI=1S/C21H25N5/c1-4-16-15(3)17(14-22)20-23-18-8-6-7-9-19(18)26(20)21(16)25-12-10-24(5-2)11-13-25/h6-9H,4-5,10-13H2,1-3H3/p+2. The second-order valence-electron chi connectivity index (χ2n) is 7.18. The lowest BCUT2D eigenvalue weighted by Crippen LogP contribution is -3.14. The summed E-state index contributed by atoms with van der Waals surface area (Å²) in [4.78, 5) is 7.70. The molecule has 1 saturated heterocycles. The van der Waals surface area contributed by atoms with E-state index in [4.69, 9.17) is 0 Å². The van der Waals surface area contributed by atoms with E-state index in [0.717, 1.165) is 47.3 Å². The molecule has 0 unspecified atom stereocenters. The summed E-state index contributed by atoms with van der Waals surface area (Å²) in [6, 6.07) is 10.8. The predicted molar refractivity (Wildman–Crippen MR) is 104 cm³/mol. The van der Waals surface area contributed by atoms with E-state index in [9.17, 15) is 5.26 Å². The SMILES string of the molecule is CCc1c(C)c(C#N)c2[nH]c3ccccc3[n+]2c1N1CC[NH+](CC)CC1. The topological polar surface area (TPSA) is 51.4 Å². The van der Waals surface area contributed by atoms with Crippen molar-refractivity contribution in [1.29, 1.82) is 5.26 Å². The molecule has 3 aromatic rings. The minimum atomic E-state index is 0.764. The molecule has 1 aliphatic rings. The Hall–Kier alpha value is -2.58. The monoisotopic (exact) mass is 349 g/mol. The number of anilines is 1. The number of likely N-dealkylation sites (N-methyl/N-ethyl adjacent to an activating group) is 1. The van der Waals surface area contributed by atoms with Gasteiger partial charge in [-0.25, -0.2) is 0 Å². The Labute approximate surface area is 154 Å². The molecule has 134 valence electrons. The Morgan fingerprint density at radius 3 is 2.62 bits per heavy atom. The van der Waals surface area contributed by atoms with Gasteiger partial charge in [0.15, 0.2) is 0 Å².